The topological polar surface area (TPSA) is 29.5 Å². The van der Waals surface area contributed by atoms with E-state index in [-0.39, 0.29) is 5.60 Å². The Morgan fingerprint density at radius 3 is 2.85 bits per heavy atom. The lowest BCUT2D eigenvalue weighted by Crippen LogP contribution is -2.29. The van der Waals surface area contributed by atoms with Gasteiger partial charge in [0.15, 0.2) is 0 Å². The average Bonchev–Trinajstić information content (AvgIpc) is 2.12. The van der Waals surface area contributed by atoms with Crippen LogP contribution in [0.2, 0.25) is 0 Å². The van der Waals surface area contributed by atoms with Crippen LogP contribution in [0.1, 0.15) is 46.0 Å². The second kappa shape index (κ2) is 4.66. The molecule has 0 radical (unpaired) electrons. The van der Waals surface area contributed by atoms with Crippen molar-refractivity contribution in [3.05, 3.63) is 11.8 Å². The van der Waals surface area contributed by atoms with Gasteiger partial charge in [-0.15, -0.1) is 0 Å². The highest BCUT2D eigenvalue weighted by Gasteiger charge is 2.26. The van der Waals surface area contributed by atoms with Crippen molar-refractivity contribution in [2.75, 3.05) is 6.61 Å². The molecule has 1 heterocycles. The molecule has 0 aromatic heterocycles. The Bertz CT molecular complexity index is 187. The summed E-state index contributed by atoms with van der Waals surface area (Å²) < 4.78 is 5.68. The fraction of sp³-hybridized carbons (Fsp3) is 0.818. The predicted octanol–water partition coefficient (Wildman–Crippen LogP) is 2.62. The first-order chi connectivity index (χ1) is 6.16. The molecule has 0 aromatic carbocycles. The smallest absolute Gasteiger partial charge is 0.106 e. The van der Waals surface area contributed by atoms with Gasteiger partial charge < -0.3 is 9.84 Å². The number of allylic oxidation sites excluding steroid dienone is 1. The Morgan fingerprint density at radius 2 is 2.31 bits per heavy atom. The van der Waals surface area contributed by atoms with Crippen molar-refractivity contribution >= 4 is 0 Å². The van der Waals surface area contributed by atoms with Crippen molar-refractivity contribution in [3.8, 4) is 0 Å². The van der Waals surface area contributed by atoms with Crippen molar-refractivity contribution in [2.24, 2.45) is 0 Å². The molecule has 13 heavy (non-hydrogen) atoms. The van der Waals surface area contributed by atoms with Gasteiger partial charge in [0.25, 0.3) is 0 Å². The van der Waals surface area contributed by atoms with E-state index in [0.29, 0.717) is 6.61 Å². The summed E-state index contributed by atoms with van der Waals surface area (Å²) in [4.78, 5) is 0. The first-order valence-electron chi connectivity index (χ1n) is 5.11. The number of unbranched alkanes of at least 4 members (excludes halogenated alkanes) is 1. The third kappa shape index (κ3) is 3.39. The zero-order chi connectivity index (χ0) is 9.73. The van der Waals surface area contributed by atoms with Crippen LogP contribution in [0.5, 0.6) is 0 Å². The third-order valence-corrected chi connectivity index (χ3v) is 2.71. The number of aliphatic hydroxyl groups excluding tert-OH is 1. The minimum absolute atomic E-state index is 0.0225. The Labute approximate surface area is 80.6 Å². The lowest BCUT2D eigenvalue weighted by atomic mass is 9.90. The number of hydrogen-bond acceptors (Lipinski definition) is 2. The Morgan fingerprint density at radius 1 is 1.54 bits per heavy atom. The van der Waals surface area contributed by atoms with Gasteiger partial charge in [-0.1, -0.05) is 0 Å². The van der Waals surface area contributed by atoms with Gasteiger partial charge in [0.1, 0.15) is 5.60 Å². The van der Waals surface area contributed by atoms with E-state index in [2.05, 4.69) is 13.8 Å². The van der Waals surface area contributed by atoms with Crippen molar-refractivity contribution in [1.29, 1.82) is 0 Å². The molecule has 2 heteroatoms. The summed E-state index contributed by atoms with van der Waals surface area (Å²) >= 11 is 0. The second-order valence-corrected chi connectivity index (χ2v) is 4.21. The molecule has 1 unspecified atom stereocenters. The summed E-state index contributed by atoms with van der Waals surface area (Å²) in [5.74, 6) is 0. The standard InChI is InChI=1S/C11H20O2/c1-10-5-7-11(2,13-9-10)6-3-4-8-12/h9,12H,3-8H2,1-2H3. The molecule has 0 aromatic rings. The quantitative estimate of drug-likeness (QED) is 0.680. The van der Waals surface area contributed by atoms with Gasteiger partial charge in [-0.3, -0.25) is 0 Å². The fourth-order valence-corrected chi connectivity index (χ4v) is 1.62. The first kappa shape index (κ1) is 10.6. The summed E-state index contributed by atoms with van der Waals surface area (Å²) in [6.45, 7) is 4.56. The summed E-state index contributed by atoms with van der Waals surface area (Å²) in [7, 11) is 0. The van der Waals surface area contributed by atoms with Crippen LogP contribution in [0.3, 0.4) is 0 Å². The monoisotopic (exact) mass is 184 g/mol. The van der Waals surface area contributed by atoms with Gasteiger partial charge in [-0.2, -0.15) is 0 Å². The summed E-state index contributed by atoms with van der Waals surface area (Å²) in [5, 5.41) is 8.67. The largest absolute Gasteiger partial charge is 0.495 e. The van der Waals surface area contributed by atoms with E-state index < -0.39 is 0 Å². The molecule has 0 saturated carbocycles. The van der Waals surface area contributed by atoms with E-state index in [1.807, 2.05) is 6.26 Å². The molecule has 1 aliphatic rings. The van der Waals surface area contributed by atoms with Gasteiger partial charge in [0.05, 0.1) is 6.26 Å². The minimum Gasteiger partial charge on any atom is -0.495 e. The van der Waals surface area contributed by atoms with Gasteiger partial charge in [-0.05, 0) is 51.5 Å². The van der Waals surface area contributed by atoms with E-state index in [9.17, 15) is 0 Å². The van der Waals surface area contributed by atoms with Crippen molar-refractivity contribution in [1.82, 2.24) is 0 Å². The van der Waals surface area contributed by atoms with Gasteiger partial charge in [-0.25, -0.2) is 0 Å². The molecule has 1 N–H and O–H groups in total. The van der Waals surface area contributed by atoms with E-state index >= 15 is 0 Å². The summed E-state index contributed by atoms with van der Waals surface area (Å²) in [6.07, 6.45) is 7.15. The van der Waals surface area contributed by atoms with Crippen LogP contribution in [0, 0.1) is 0 Å². The molecule has 0 bridgehead atoms. The maximum Gasteiger partial charge on any atom is 0.106 e. The lowest BCUT2D eigenvalue weighted by Gasteiger charge is -2.33. The predicted molar refractivity (Wildman–Crippen MR) is 53.4 cm³/mol. The maximum atomic E-state index is 8.67. The van der Waals surface area contributed by atoms with E-state index in [0.717, 1.165) is 32.1 Å². The van der Waals surface area contributed by atoms with E-state index in [4.69, 9.17) is 9.84 Å². The number of rotatable bonds is 4. The highest BCUT2D eigenvalue weighted by Crippen LogP contribution is 2.30. The van der Waals surface area contributed by atoms with Crippen LogP contribution in [0.25, 0.3) is 0 Å². The van der Waals surface area contributed by atoms with Crippen molar-refractivity contribution in [3.63, 3.8) is 0 Å². The van der Waals surface area contributed by atoms with Crippen LogP contribution < -0.4 is 0 Å². The molecule has 0 spiro atoms. The number of hydrogen-bond donors (Lipinski definition) is 1. The van der Waals surface area contributed by atoms with Crippen molar-refractivity contribution in [2.45, 2.75) is 51.6 Å². The van der Waals surface area contributed by atoms with Crippen LogP contribution >= 0.6 is 0 Å². The summed E-state index contributed by atoms with van der Waals surface area (Å²) in [5.41, 5.74) is 1.36. The molecule has 1 rings (SSSR count). The second-order valence-electron chi connectivity index (χ2n) is 4.21. The molecule has 0 fully saturated rings. The molecule has 1 aliphatic heterocycles. The van der Waals surface area contributed by atoms with Gasteiger partial charge >= 0.3 is 0 Å². The summed E-state index contributed by atoms with van der Waals surface area (Å²) in [6, 6.07) is 0. The molecular formula is C11H20O2. The highest BCUT2D eigenvalue weighted by molar-refractivity contribution is 5.00. The van der Waals surface area contributed by atoms with Crippen LogP contribution in [0.4, 0.5) is 0 Å². The SMILES string of the molecule is CC1=COC(C)(CCCCO)CC1. The van der Waals surface area contributed by atoms with E-state index in [1.54, 1.807) is 0 Å². The number of aliphatic hydroxyl groups is 1. The van der Waals surface area contributed by atoms with Gasteiger partial charge in [0.2, 0.25) is 0 Å². The van der Waals surface area contributed by atoms with Crippen LogP contribution in [-0.2, 0) is 4.74 Å². The normalized spacial score (nSPS) is 28.1. The van der Waals surface area contributed by atoms with Crippen LogP contribution in [0.15, 0.2) is 11.8 Å². The van der Waals surface area contributed by atoms with Crippen molar-refractivity contribution < 1.29 is 9.84 Å². The zero-order valence-electron chi connectivity index (χ0n) is 8.68. The fourth-order valence-electron chi connectivity index (χ4n) is 1.62. The van der Waals surface area contributed by atoms with Gasteiger partial charge in [0, 0.05) is 6.61 Å². The molecule has 0 amide bonds. The molecule has 76 valence electrons. The Hall–Kier alpha value is -0.500. The molecule has 2 nitrogen and oxygen atoms in total. The third-order valence-electron chi connectivity index (χ3n) is 2.71. The highest BCUT2D eigenvalue weighted by atomic mass is 16.5. The molecular weight excluding hydrogens is 164 g/mol. The van der Waals surface area contributed by atoms with E-state index in [1.165, 1.54) is 5.57 Å². The lowest BCUT2D eigenvalue weighted by molar-refractivity contribution is 0.00801. The maximum absolute atomic E-state index is 8.67. The molecule has 1 atom stereocenters. The first-order valence-corrected chi connectivity index (χ1v) is 5.11. The zero-order valence-corrected chi connectivity index (χ0v) is 8.68. The minimum atomic E-state index is 0.0225. The van der Waals surface area contributed by atoms with Crippen LogP contribution in [-0.4, -0.2) is 17.3 Å². The Kier molecular flexibility index (Phi) is 3.79. The molecule has 0 saturated heterocycles. The number of ether oxygens (including phenoxy) is 1. The average molecular weight is 184 g/mol. The molecule has 0 aliphatic carbocycles. The Balaban J connectivity index is 2.31.